The molecule has 1 aromatic carbocycles. The van der Waals surface area contributed by atoms with Crippen molar-refractivity contribution in [2.75, 3.05) is 58.2 Å². The van der Waals surface area contributed by atoms with Crippen molar-refractivity contribution in [2.24, 2.45) is 4.99 Å². The first-order valence-corrected chi connectivity index (χ1v) is 12.0. The third-order valence-corrected chi connectivity index (χ3v) is 5.92. The summed E-state index contributed by atoms with van der Waals surface area (Å²) in [7, 11) is -3.42. The van der Waals surface area contributed by atoms with Crippen molar-refractivity contribution in [2.45, 2.75) is 26.0 Å². The maximum Gasteiger partial charge on any atom is 0.213 e. The van der Waals surface area contributed by atoms with Crippen molar-refractivity contribution in [3.63, 3.8) is 0 Å². The lowest BCUT2D eigenvalue weighted by Crippen LogP contribution is -2.48. The molecule has 4 N–H and O–H groups in total. The number of halogens is 1. The van der Waals surface area contributed by atoms with Gasteiger partial charge in [-0.25, -0.2) is 13.1 Å². The maximum atomic E-state index is 12.2. The van der Waals surface area contributed by atoms with Crippen molar-refractivity contribution in [3.8, 4) is 0 Å². The Morgan fingerprint density at radius 2 is 1.90 bits per heavy atom. The normalized spacial score (nSPS) is 17.5. The molecule has 1 fully saturated rings. The molecule has 31 heavy (non-hydrogen) atoms. The van der Waals surface area contributed by atoms with Crippen LogP contribution in [0.2, 0.25) is 0 Å². The molecule has 0 saturated carbocycles. The van der Waals surface area contributed by atoms with Gasteiger partial charge in [-0.15, -0.1) is 24.0 Å². The second-order valence-corrected chi connectivity index (χ2v) is 9.56. The van der Waals surface area contributed by atoms with Crippen molar-refractivity contribution in [1.29, 1.82) is 0 Å². The number of sulfonamides is 1. The van der Waals surface area contributed by atoms with Gasteiger partial charge in [0.25, 0.3) is 0 Å². The molecule has 1 aliphatic rings. The van der Waals surface area contributed by atoms with Gasteiger partial charge in [0.2, 0.25) is 10.0 Å². The van der Waals surface area contributed by atoms with Crippen LogP contribution in [-0.4, -0.2) is 88.2 Å². The average Bonchev–Trinajstić information content (AvgIpc) is 2.72. The molecule has 0 bridgehead atoms. The van der Waals surface area contributed by atoms with Gasteiger partial charge in [-0.2, -0.15) is 0 Å². The molecule has 1 heterocycles. The lowest BCUT2D eigenvalue weighted by atomic mass is 10.1. The van der Waals surface area contributed by atoms with Crippen LogP contribution in [0.3, 0.4) is 0 Å². The van der Waals surface area contributed by atoms with Crippen molar-refractivity contribution in [3.05, 3.63) is 35.9 Å². The highest BCUT2D eigenvalue weighted by Crippen LogP contribution is 2.09. The standard InChI is InChI=1S/C20H35N5O4S.HI/c1-3-21-19(23-16-20(2,26)17-25-10-12-29-13-11-25)22-9-14-30(27,28)24-15-18-7-5-4-6-8-18;/h4-8,24,26H,3,9-17H2,1-2H3,(H2,21,22,23);1H. The third-order valence-electron chi connectivity index (χ3n) is 4.59. The van der Waals surface area contributed by atoms with Gasteiger partial charge in [-0.05, 0) is 19.4 Å². The topological polar surface area (TPSA) is 115 Å². The van der Waals surface area contributed by atoms with Crippen LogP contribution in [0.25, 0.3) is 0 Å². The molecule has 1 saturated heterocycles. The molecule has 0 spiro atoms. The quantitative estimate of drug-likeness (QED) is 0.173. The van der Waals surface area contributed by atoms with Gasteiger partial charge in [-0.1, -0.05) is 30.3 Å². The predicted molar refractivity (Wildman–Crippen MR) is 134 cm³/mol. The minimum Gasteiger partial charge on any atom is -0.387 e. The number of nitrogens with one attached hydrogen (secondary N) is 3. The number of aliphatic imine (C=N–C) groups is 1. The van der Waals surface area contributed by atoms with E-state index in [1.165, 1.54) is 0 Å². The number of rotatable bonds is 11. The van der Waals surface area contributed by atoms with Crippen LogP contribution in [0.5, 0.6) is 0 Å². The number of aliphatic hydroxyl groups is 1. The Kier molecular flexibility index (Phi) is 12.9. The fourth-order valence-electron chi connectivity index (χ4n) is 3.05. The molecule has 1 aromatic rings. The van der Waals surface area contributed by atoms with E-state index in [1.54, 1.807) is 6.92 Å². The van der Waals surface area contributed by atoms with Crippen LogP contribution < -0.4 is 15.4 Å². The zero-order chi connectivity index (χ0) is 21.9. The summed E-state index contributed by atoms with van der Waals surface area (Å²) in [6, 6.07) is 9.39. The van der Waals surface area contributed by atoms with Crippen LogP contribution in [0.4, 0.5) is 0 Å². The number of hydrogen-bond donors (Lipinski definition) is 4. The number of ether oxygens (including phenoxy) is 1. The number of guanidine groups is 1. The molecular weight excluding hydrogens is 533 g/mol. The molecule has 0 radical (unpaired) electrons. The lowest BCUT2D eigenvalue weighted by Gasteiger charge is -2.33. The van der Waals surface area contributed by atoms with Crippen molar-refractivity contribution in [1.82, 2.24) is 20.3 Å². The van der Waals surface area contributed by atoms with Crippen molar-refractivity contribution < 1.29 is 18.3 Å². The van der Waals surface area contributed by atoms with E-state index in [-0.39, 0.29) is 49.4 Å². The van der Waals surface area contributed by atoms with E-state index in [2.05, 4.69) is 25.2 Å². The number of benzene rings is 1. The van der Waals surface area contributed by atoms with E-state index in [1.807, 2.05) is 37.3 Å². The monoisotopic (exact) mass is 569 g/mol. The van der Waals surface area contributed by atoms with Crippen LogP contribution in [0.15, 0.2) is 35.3 Å². The number of nitrogens with zero attached hydrogens (tertiary/aromatic N) is 2. The summed E-state index contributed by atoms with van der Waals surface area (Å²) in [5.41, 5.74) is -0.0744. The van der Waals surface area contributed by atoms with Gasteiger partial charge in [0, 0.05) is 39.3 Å². The van der Waals surface area contributed by atoms with Gasteiger partial charge in [0.05, 0.1) is 31.1 Å². The summed E-state index contributed by atoms with van der Waals surface area (Å²) in [4.78, 5) is 6.59. The minimum atomic E-state index is -3.42. The van der Waals surface area contributed by atoms with Crippen LogP contribution in [-0.2, 0) is 21.3 Å². The first-order valence-electron chi connectivity index (χ1n) is 10.4. The highest BCUT2D eigenvalue weighted by molar-refractivity contribution is 14.0. The molecule has 11 heteroatoms. The predicted octanol–water partition coefficient (Wildman–Crippen LogP) is 0.362. The second kappa shape index (κ2) is 14.2. The molecule has 0 amide bonds. The Balaban J connectivity index is 0.00000480. The van der Waals surface area contributed by atoms with E-state index in [4.69, 9.17) is 4.74 Å². The van der Waals surface area contributed by atoms with E-state index < -0.39 is 15.6 Å². The summed E-state index contributed by atoms with van der Waals surface area (Å²) in [6.45, 7) is 8.47. The Hall–Kier alpha value is -0.990. The molecule has 0 aliphatic carbocycles. The Bertz CT molecular complexity index is 756. The number of β-amino-alcohol motifs (C(OH)–C–C–N with tert-alkyl or cyclic N) is 1. The molecule has 0 aromatic heterocycles. The van der Waals surface area contributed by atoms with E-state index >= 15 is 0 Å². The van der Waals surface area contributed by atoms with Gasteiger partial charge < -0.3 is 20.5 Å². The summed E-state index contributed by atoms with van der Waals surface area (Å²) in [5, 5.41) is 16.8. The van der Waals surface area contributed by atoms with E-state index in [0.717, 1.165) is 18.7 Å². The average molecular weight is 570 g/mol. The number of hydrogen-bond acceptors (Lipinski definition) is 6. The van der Waals surface area contributed by atoms with Crippen LogP contribution in [0, 0.1) is 0 Å². The third kappa shape index (κ3) is 12.0. The molecule has 1 unspecified atom stereocenters. The number of morpholine rings is 1. The highest BCUT2D eigenvalue weighted by Gasteiger charge is 2.25. The largest absolute Gasteiger partial charge is 0.387 e. The van der Waals surface area contributed by atoms with E-state index in [9.17, 15) is 13.5 Å². The van der Waals surface area contributed by atoms with E-state index in [0.29, 0.717) is 32.3 Å². The van der Waals surface area contributed by atoms with Crippen LogP contribution >= 0.6 is 24.0 Å². The Morgan fingerprint density at radius 3 is 2.55 bits per heavy atom. The SMILES string of the molecule is CCNC(=NCC(C)(O)CN1CCOCC1)NCCS(=O)(=O)NCc1ccccc1.I. The summed E-state index contributed by atoms with van der Waals surface area (Å²) in [6.07, 6.45) is 0. The highest BCUT2D eigenvalue weighted by atomic mass is 127. The lowest BCUT2D eigenvalue weighted by molar-refractivity contribution is -0.0179. The molecule has 178 valence electrons. The van der Waals surface area contributed by atoms with Gasteiger partial charge in [0.15, 0.2) is 5.96 Å². The van der Waals surface area contributed by atoms with Gasteiger partial charge >= 0.3 is 0 Å². The molecule has 1 atom stereocenters. The summed E-state index contributed by atoms with van der Waals surface area (Å²) >= 11 is 0. The van der Waals surface area contributed by atoms with Gasteiger partial charge in [0.1, 0.15) is 0 Å². The zero-order valence-electron chi connectivity index (χ0n) is 18.3. The molecular formula is C20H36IN5O4S. The summed E-state index contributed by atoms with van der Waals surface area (Å²) in [5.74, 6) is 0.409. The summed E-state index contributed by atoms with van der Waals surface area (Å²) < 4.78 is 32.4. The molecule has 9 nitrogen and oxygen atoms in total. The van der Waals surface area contributed by atoms with Crippen molar-refractivity contribution >= 4 is 40.0 Å². The van der Waals surface area contributed by atoms with Gasteiger partial charge in [-0.3, -0.25) is 9.89 Å². The maximum absolute atomic E-state index is 12.2. The minimum absolute atomic E-state index is 0. The Morgan fingerprint density at radius 1 is 1.23 bits per heavy atom. The first-order chi connectivity index (χ1) is 14.3. The zero-order valence-corrected chi connectivity index (χ0v) is 21.5. The molecule has 2 rings (SSSR count). The fraction of sp³-hybridized carbons (Fsp3) is 0.650. The van der Waals surface area contributed by atoms with Crippen LogP contribution in [0.1, 0.15) is 19.4 Å². The first kappa shape index (κ1) is 28.0. The molecule has 1 aliphatic heterocycles. The second-order valence-electron chi connectivity index (χ2n) is 7.63. The fourth-order valence-corrected chi connectivity index (χ4v) is 3.95. The smallest absolute Gasteiger partial charge is 0.213 e. The Labute approximate surface area is 203 Å².